The number of esters is 1. The number of carbonyl (C=O) groups is 2. The van der Waals surface area contributed by atoms with E-state index in [1.165, 1.54) is 12.1 Å². The molecule has 3 rings (SSSR count). The van der Waals surface area contributed by atoms with Gasteiger partial charge in [-0.3, -0.25) is 9.59 Å². The number of nitrogens with zero attached hydrogens (tertiary/aromatic N) is 2. The molecule has 9 heteroatoms. The maximum Gasteiger partial charge on any atom is 0.307 e. The van der Waals surface area contributed by atoms with Crippen LogP contribution in [-0.2, 0) is 20.7 Å². The normalized spacial score (nSPS) is 11.8. The van der Waals surface area contributed by atoms with Gasteiger partial charge in [-0.25, -0.2) is 4.39 Å². The van der Waals surface area contributed by atoms with E-state index in [2.05, 4.69) is 10.1 Å². The first-order chi connectivity index (χ1) is 13.4. The van der Waals surface area contributed by atoms with Crippen molar-refractivity contribution in [2.24, 2.45) is 5.73 Å². The molecule has 0 saturated heterocycles. The molecule has 1 heterocycles. The van der Waals surface area contributed by atoms with Crippen molar-refractivity contribution in [1.29, 1.82) is 0 Å². The van der Waals surface area contributed by atoms with Crippen LogP contribution >= 0.6 is 11.6 Å². The van der Waals surface area contributed by atoms with E-state index in [-0.39, 0.29) is 24.3 Å². The van der Waals surface area contributed by atoms with Gasteiger partial charge in [0.1, 0.15) is 5.82 Å². The predicted molar refractivity (Wildman–Crippen MR) is 97.5 cm³/mol. The molecule has 0 aliphatic rings. The minimum atomic E-state index is -1.31. The Hall–Kier alpha value is -3.26. The van der Waals surface area contributed by atoms with Crippen molar-refractivity contribution < 1.29 is 23.2 Å². The molecule has 7 nitrogen and oxygen atoms in total. The summed E-state index contributed by atoms with van der Waals surface area (Å²) in [4.78, 5) is 27.9. The van der Waals surface area contributed by atoms with Crippen molar-refractivity contribution >= 4 is 23.5 Å². The summed E-state index contributed by atoms with van der Waals surface area (Å²) in [5.74, 6) is -1.42. The number of halogens is 2. The van der Waals surface area contributed by atoms with Crippen molar-refractivity contribution in [2.75, 3.05) is 0 Å². The van der Waals surface area contributed by atoms with Gasteiger partial charge in [0.2, 0.25) is 17.8 Å². The minimum absolute atomic E-state index is 0.104. The fraction of sp³-hybridized carbons (Fsp3) is 0.158. The van der Waals surface area contributed by atoms with E-state index >= 15 is 0 Å². The molecule has 2 N–H and O–H groups in total. The van der Waals surface area contributed by atoms with E-state index in [1.54, 1.807) is 24.3 Å². The lowest BCUT2D eigenvalue weighted by molar-refractivity contribution is -0.155. The number of hydrogen-bond acceptors (Lipinski definition) is 6. The van der Waals surface area contributed by atoms with Gasteiger partial charge < -0.3 is 15.0 Å². The summed E-state index contributed by atoms with van der Waals surface area (Å²) in [6.45, 7) is 0. The number of aromatic nitrogens is 2. The van der Waals surface area contributed by atoms with Gasteiger partial charge in [0.05, 0.1) is 6.42 Å². The SMILES string of the molecule is NC(=O)C(OC(=O)CCc1nc(-c2ccc(Cl)cc2)no1)c1ccc(F)cc1. The monoisotopic (exact) mass is 403 g/mol. The van der Waals surface area contributed by atoms with Crippen LogP contribution in [0.5, 0.6) is 0 Å². The van der Waals surface area contributed by atoms with Crippen LogP contribution in [0.15, 0.2) is 53.1 Å². The Morgan fingerprint density at radius 1 is 1.14 bits per heavy atom. The second kappa shape index (κ2) is 8.62. The van der Waals surface area contributed by atoms with E-state index in [9.17, 15) is 14.0 Å². The van der Waals surface area contributed by atoms with Gasteiger partial charge in [0, 0.05) is 22.6 Å². The van der Waals surface area contributed by atoms with Gasteiger partial charge in [0.15, 0.2) is 0 Å². The fourth-order valence-corrected chi connectivity index (χ4v) is 2.53. The number of rotatable bonds is 7. The predicted octanol–water partition coefficient (Wildman–Crippen LogP) is 3.23. The Labute approximate surface area is 164 Å². The van der Waals surface area contributed by atoms with Gasteiger partial charge in [-0.15, -0.1) is 0 Å². The molecule has 28 heavy (non-hydrogen) atoms. The molecule has 0 radical (unpaired) electrons. The molecule has 1 atom stereocenters. The lowest BCUT2D eigenvalue weighted by Gasteiger charge is -2.14. The molecule has 1 aromatic heterocycles. The van der Waals surface area contributed by atoms with Crippen molar-refractivity contribution in [3.05, 3.63) is 70.8 Å². The number of amides is 1. The highest BCUT2D eigenvalue weighted by molar-refractivity contribution is 6.30. The highest BCUT2D eigenvalue weighted by atomic mass is 35.5. The number of benzene rings is 2. The zero-order valence-corrected chi connectivity index (χ0v) is 15.2. The maximum absolute atomic E-state index is 13.0. The second-order valence-corrected chi connectivity index (χ2v) is 6.28. The zero-order valence-electron chi connectivity index (χ0n) is 14.5. The molecule has 3 aromatic rings. The number of nitrogens with two attached hydrogens (primary N) is 1. The molecule has 0 aliphatic carbocycles. The first-order valence-electron chi connectivity index (χ1n) is 8.25. The Morgan fingerprint density at radius 3 is 2.46 bits per heavy atom. The maximum atomic E-state index is 13.0. The largest absolute Gasteiger partial charge is 0.447 e. The number of carbonyl (C=O) groups excluding carboxylic acids is 2. The van der Waals surface area contributed by atoms with Gasteiger partial charge in [0.25, 0.3) is 5.91 Å². The van der Waals surface area contributed by atoms with Gasteiger partial charge in [-0.1, -0.05) is 28.9 Å². The summed E-state index contributed by atoms with van der Waals surface area (Å²) in [7, 11) is 0. The topological polar surface area (TPSA) is 108 Å². The summed E-state index contributed by atoms with van der Waals surface area (Å²) >= 11 is 5.84. The highest BCUT2D eigenvalue weighted by Crippen LogP contribution is 2.20. The molecule has 0 aliphatic heterocycles. The zero-order chi connectivity index (χ0) is 20.1. The molecule has 1 amide bonds. The molecular weight excluding hydrogens is 389 g/mol. The second-order valence-electron chi connectivity index (χ2n) is 5.84. The standard InChI is InChI=1S/C19H15ClFN3O4/c20-13-5-1-12(2-6-13)19-23-15(28-24-19)9-10-16(25)27-17(18(22)26)11-3-7-14(21)8-4-11/h1-8,17H,9-10H2,(H2,22,26). The summed E-state index contributed by atoms with van der Waals surface area (Å²) in [6, 6.07) is 11.8. The van der Waals surface area contributed by atoms with E-state index in [0.29, 0.717) is 16.4 Å². The lowest BCUT2D eigenvalue weighted by Crippen LogP contribution is -2.26. The molecule has 144 valence electrons. The number of ether oxygens (including phenoxy) is 1. The van der Waals surface area contributed by atoms with Crippen molar-refractivity contribution in [2.45, 2.75) is 18.9 Å². The third-order valence-electron chi connectivity index (χ3n) is 3.79. The van der Waals surface area contributed by atoms with E-state index in [1.807, 2.05) is 0 Å². The first-order valence-corrected chi connectivity index (χ1v) is 8.63. The summed E-state index contributed by atoms with van der Waals surface area (Å²) in [5, 5.41) is 4.43. The molecule has 0 saturated carbocycles. The Morgan fingerprint density at radius 2 is 1.82 bits per heavy atom. The van der Waals surface area contributed by atoms with Crippen LogP contribution in [0.25, 0.3) is 11.4 Å². The molecule has 0 spiro atoms. The molecule has 0 bridgehead atoms. The van der Waals surface area contributed by atoms with Gasteiger partial charge in [-0.05, 0) is 36.4 Å². The van der Waals surface area contributed by atoms with Crippen LogP contribution in [0, 0.1) is 5.82 Å². The number of aryl methyl sites for hydroxylation is 1. The van der Waals surface area contributed by atoms with Crippen molar-refractivity contribution in [1.82, 2.24) is 10.1 Å². The number of hydrogen-bond donors (Lipinski definition) is 1. The molecule has 1 unspecified atom stereocenters. The van der Waals surface area contributed by atoms with E-state index in [0.717, 1.165) is 12.1 Å². The van der Waals surface area contributed by atoms with Crippen LogP contribution in [0.3, 0.4) is 0 Å². The summed E-state index contributed by atoms with van der Waals surface area (Å²) in [5.41, 5.74) is 6.28. The van der Waals surface area contributed by atoms with Crippen LogP contribution in [0.4, 0.5) is 4.39 Å². The average Bonchev–Trinajstić information content (AvgIpc) is 3.15. The smallest absolute Gasteiger partial charge is 0.307 e. The highest BCUT2D eigenvalue weighted by Gasteiger charge is 2.23. The summed E-state index contributed by atoms with van der Waals surface area (Å²) < 4.78 is 23.3. The lowest BCUT2D eigenvalue weighted by atomic mass is 10.1. The minimum Gasteiger partial charge on any atom is -0.447 e. The molecule has 2 aromatic carbocycles. The Kier molecular flexibility index (Phi) is 6.00. The third-order valence-corrected chi connectivity index (χ3v) is 4.05. The molecular formula is C19H15ClFN3O4. The van der Waals surface area contributed by atoms with Gasteiger partial charge in [-0.2, -0.15) is 4.98 Å². The quantitative estimate of drug-likeness (QED) is 0.607. The Bertz CT molecular complexity index is 974. The number of primary amides is 1. The van der Waals surface area contributed by atoms with Gasteiger partial charge >= 0.3 is 5.97 Å². The van der Waals surface area contributed by atoms with Crippen molar-refractivity contribution in [3.63, 3.8) is 0 Å². The van der Waals surface area contributed by atoms with E-state index < -0.39 is 23.8 Å². The Balaban J connectivity index is 1.59. The molecule has 0 fully saturated rings. The average molecular weight is 404 g/mol. The first kappa shape index (κ1) is 19.5. The van der Waals surface area contributed by atoms with Crippen LogP contribution < -0.4 is 5.73 Å². The van der Waals surface area contributed by atoms with Crippen molar-refractivity contribution in [3.8, 4) is 11.4 Å². The summed E-state index contributed by atoms with van der Waals surface area (Å²) in [6.07, 6.45) is -1.29. The van der Waals surface area contributed by atoms with Crippen LogP contribution in [0.2, 0.25) is 5.02 Å². The van der Waals surface area contributed by atoms with E-state index in [4.69, 9.17) is 26.6 Å². The van der Waals surface area contributed by atoms with Crippen LogP contribution in [-0.4, -0.2) is 22.0 Å². The fourth-order valence-electron chi connectivity index (χ4n) is 2.40. The van der Waals surface area contributed by atoms with Crippen LogP contribution in [0.1, 0.15) is 24.0 Å². The third kappa shape index (κ3) is 4.92.